The molecule has 0 radical (unpaired) electrons. The van der Waals surface area contributed by atoms with Gasteiger partial charge in [-0.25, -0.2) is 0 Å². The number of thioether (sulfide) groups is 1. The van der Waals surface area contributed by atoms with Crippen molar-refractivity contribution in [2.45, 2.75) is 25.0 Å². The molecule has 0 bridgehead atoms. The SMILES string of the molecule is C=CC[C@H]1S/C(=N/N=C\c2ccc(OCCC)cc2)NC1=O. The van der Waals surface area contributed by atoms with Gasteiger partial charge >= 0.3 is 0 Å². The van der Waals surface area contributed by atoms with Gasteiger partial charge in [0.25, 0.3) is 0 Å². The first-order valence-corrected chi connectivity index (χ1v) is 8.03. The van der Waals surface area contributed by atoms with Crippen molar-refractivity contribution >= 4 is 29.1 Å². The van der Waals surface area contributed by atoms with E-state index in [1.807, 2.05) is 24.3 Å². The average molecular weight is 317 g/mol. The van der Waals surface area contributed by atoms with Gasteiger partial charge in [-0.3, -0.25) is 4.79 Å². The highest BCUT2D eigenvalue weighted by molar-refractivity contribution is 8.15. The Hall–Kier alpha value is -2.08. The van der Waals surface area contributed by atoms with Crippen molar-refractivity contribution in [2.75, 3.05) is 6.61 Å². The second-order valence-corrected chi connectivity index (χ2v) is 5.88. The zero-order chi connectivity index (χ0) is 15.8. The molecule has 1 aliphatic rings. The summed E-state index contributed by atoms with van der Waals surface area (Å²) < 4.78 is 5.51. The molecule has 1 aliphatic heterocycles. The number of nitrogens with zero attached hydrogens (tertiary/aromatic N) is 2. The minimum Gasteiger partial charge on any atom is -0.494 e. The highest BCUT2D eigenvalue weighted by Gasteiger charge is 2.28. The van der Waals surface area contributed by atoms with Crippen LogP contribution >= 0.6 is 11.8 Å². The first-order chi connectivity index (χ1) is 10.7. The van der Waals surface area contributed by atoms with Gasteiger partial charge in [-0.15, -0.1) is 11.7 Å². The summed E-state index contributed by atoms with van der Waals surface area (Å²) in [4.78, 5) is 11.6. The molecule has 0 aliphatic carbocycles. The molecule has 1 fully saturated rings. The van der Waals surface area contributed by atoms with Gasteiger partial charge in [0.2, 0.25) is 5.91 Å². The van der Waals surface area contributed by atoms with Crippen molar-refractivity contribution < 1.29 is 9.53 Å². The van der Waals surface area contributed by atoms with Gasteiger partial charge < -0.3 is 10.1 Å². The molecule has 116 valence electrons. The lowest BCUT2D eigenvalue weighted by molar-refractivity contribution is -0.118. The van der Waals surface area contributed by atoms with Crippen molar-refractivity contribution in [3.8, 4) is 5.75 Å². The lowest BCUT2D eigenvalue weighted by atomic mass is 10.2. The quantitative estimate of drug-likeness (QED) is 0.478. The topological polar surface area (TPSA) is 63.1 Å². The molecular weight excluding hydrogens is 298 g/mol. The van der Waals surface area contributed by atoms with Crippen molar-refractivity contribution in [1.29, 1.82) is 0 Å². The smallest absolute Gasteiger partial charge is 0.239 e. The van der Waals surface area contributed by atoms with E-state index in [2.05, 4.69) is 29.0 Å². The molecule has 22 heavy (non-hydrogen) atoms. The zero-order valence-electron chi connectivity index (χ0n) is 12.5. The van der Waals surface area contributed by atoms with E-state index >= 15 is 0 Å². The summed E-state index contributed by atoms with van der Waals surface area (Å²) in [6.45, 7) is 6.42. The van der Waals surface area contributed by atoms with Crippen LogP contribution in [0.15, 0.2) is 47.1 Å². The van der Waals surface area contributed by atoms with Crippen LogP contribution in [-0.2, 0) is 4.79 Å². The number of hydrogen-bond acceptors (Lipinski definition) is 5. The molecule has 1 N–H and O–H groups in total. The van der Waals surface area contributed by atoms with E-state index in [0.29, 0.717) is 18.2 Å². The van der Waals surface area contributed by atoms with E-state index in [9.17, 15) is 4.79 Å². The Kier molecular flexibility index (Phi) is 6.21. The van der Waals surface area contributed by atoms with Crippen molar-refractivity contribution in [2.24, 2.45) is 10.2 Å². The molecule has 1 amide bonds. The number of ether oxygens (including phenoxy) is 1. The zero-order valence-corrected chi connectivity index (χ0v) is 13.3. The lowest BCUT2D eigenvalue weighted by Gasteiger charge is -2.03. The predicted molar refractivity (Wildman–Crippen MR) is 91.6 cm³/mol. The van der Waals surface area contributed by atoms with Crippen LogP contribution < -0.4 is 10.1 Å². The summed E-state index contributed by atoms with van der Waals surface area (Å²) in [7, 11) is 0. The fraction of sp³-hybridized carbons (Fsp3) is 0.312. The third kappa shape index (κ3) is 4.73. The monoisotopic (exact) mass is 317 g/mol. The molecule has 0 unspecified atom stereocenters. The van der Waals surface area contributed by atoms with Crippen LogP contribution in [0.1, 0.15) is 25.3 Å². The van der Waals surface area contributed by atoms with Crippen LogP contribution in [0.25, 0.3) is 0 Å². The summed E-state index contributed by atoms with van der Waals surface area (Å²) in [5, 5.41) is 11.1. The molecule has 1 saturated heterocycles. The Bertz CT molecular complexity index is 582. The van der Waals surface area contributed by atoms with Crippen LogP contribution in [0.2, 0.25) is 0 Å². The van der Waals surface area contributed by atoms with E-state index in [1.165, 1.54) is 11.8 Å². The van der Waals surface area contributed by atoms with Crippen LogP contribution in [0.5, 0.6) is 5.75 Å². The van der Waals surface area contributed by atoms with Gasteiger partial charge in [-0.1, -0.05) is 24.8 Å². The number of allylic oxidation sites excluding steroid dienone is 1. The van der Waals surface area contributed by atoms with E-state index in [4.69, 9.17) is 4.74 Å². The number of nitrogens with one attached hydrogen (secondary N) is 1. The van der Waals surface area contributed by atoms with Gasteiger partial charge in [-0.05, 0) is 42.7 Å². The van der Waals surface area contributed by atoms with E-state index in [-0.39, 0.29) is 11.2 Å². The highest BCUT2D eigenvalue weighted by atomic mass is 32.2. The molecule has 6 heteroatoms. The first-order valence-electron chi connectivity index (χ1n) is 7.15. The first kappa shape index (κ1) is 16.3. The number of amides is 1. The van der Waals surface area contributed by atoms with Crippen LogP contribution in [0, 0.1) is 0 Å². The van der Waals surface area contributed by atoms with Crippen LogP contribution in [-0.4, -0.2) is 29.1 Å². The molecule has 0 aromatic heterocycles. The average Bonchev–Trinajstić information content (AvgIpc) is 2.87. The standard InChI is InChI=1S/C16H19N3O2S/c1-3-5-14-15(20)18-16(22-14)19-17-11-12-6-8-13(9-7-12)21-10-4-2/h3,6-9,11,14H,1,4-5,10H2,2H3,(H,18,19,20)/b17-11-/t14-/m1/s1. The number of benzene rings is 1. The third-order valence-electron chi connectivity index (χ3n) is 2.87. The van der Waals surface area contributed by atoms with Gasteiger partial charge in [0.15, 0.2) is 5.17 Å². The highest BCUT2D eigenvalue weighted by Crippen LogP contribution is 2.22. The van der Waals surface area contributed by atoms with Crippen LogP contribution in [0.4, 0.5) is 0 Å². The van der Waals surface area contributed by atoms with Crippen LogP contribution in [0.3, 0.4) is 0 Å². The van der Waals surface area contributed by atoms with E-state index in [1.54, 1.807) is 12.3 Å². The molecule has 1 aromatic rings. The largest absolute Gasteiger partial charge is 0.494 e. The van der Waals surface area contributed by atoms with Gasteiger partial charge in [0, 0.05) is 0 Å². The second-order valence-electron chi connectivity index (χ2n) is 4.69. The van der Waals surface area contributed by atoms with E-state index in [0.717, 1.165) is 17.7 Å². The number of carbonyl (C=O) groups is 1. The number of hydrogen-bond donors (Lipinski definition) is 1. The summed E-state index contributed by atoms with van der Waals surface area (Å²) >= 11 is 1.37. The summed E-state index contributed by atoms with van der Waals surface area (Å²) in [5.74, 6) is 0.799. The lowest BCUT2D eigenvalue weighted by Crippen LogP contribution is -2.24. The number of carbonyl (C=O) groups excluding carboxylic acids is 1. The molecular formula is C16H19N3O2S. The van der Waals surface area contributed by atoms with Crippen molar-refractivity contribution in [3.63, 3.8) is 0 Å². The Morgan fingerprint density at radius 1 is 1.41 bits per heavy atom. The fourth-order valence-corrected chi connectivity index (χ4v) is 2.70. The maximum atomic E-state index is 11.6. The second kappa shape index (κ2) is 8.38. The Balaban J connectivity index is 1.90. The Labute approximate surface area is 134 Å². The van der Waals surface area contributed by atoms with E-state index < -0.39 is 0 Å². The maximum absolute atomic E-state index is 11.6. The third-order valence-corrected chi connectivity index (χ3v) is 3.96. The Morgan fingerprint density at radius 3 is 2.86 bits per heavy atom. The Morgan fingerprint density at radius 2 is 2.18 bits per heavy atom. The maximum Gasteiger partial charge on any atom is 0.239 e. The molecule has 2 rings (SSSR count). The minimum atomic E-state index is -0.151. The number of amidine groups is 1. The van der Waals surface area contributed by atoms with Gasteiger partial charge in [0.1, 0.15) is 5.75 Å². The molecule has 0 spiro atoms. The molecule has 5 nitrogen and oxygen atoms in total. The molecule has 1 aromatic carbocycles. The summed E-state index contributed by atoms with van der Waals surface area (Å²) in [5.41, 5.74) is 0.921. The van der Waals surface area contributed by atoms with Crippen molar-refractivity contribution in [3.05, 3.63) is 42.5 Å². The van der Waals surface area contributed by atoms with Crippen molar-refractivity contribution in [1.82, 2.24) is 5.32 Å². The van der Waals surface area contributed by atoms with Gasteiger partial charge in [0.05, 0.1) is 18.1 Å². The molecule has 0 saturated carbocycles. The number of rotatable bonds is 7. The summed E-state index contributed by atoms with van der Waals surface area (Å²) in [6, 6.07) is 7.62. The summed E-state index contributed by atoms with van der Waals surface area (Å²) in [6.07, 6.45) is 4.98. The normalized spacial score (nSPS) is 19.6. The van der Waals surface area contributed by atoms with Gasteiger partial charge in [-0.2, -0.15) is 5.10 Å². The molecule has 1 atom stereocenters. The fourth-order valence-electron chi connectivity index (χ4n) is 1.78. The predicted octanol–water partition coefficient (Wildman–Crippen LogP) is 2.97. The minimum absolute atomic E-state index is 0.0451. The molecule has 1 heterocycles.